The maximum atomic E-state index is 5.78. The molecule has 2 heterocycles. The van der Waals surface area contributed by atoms with Gasteiger partial charge in [0.2, 0.25) is 0 Å². The number of hydrogen-bond donors (Lipinski definition) is 1. The second-order valence-electron chi connectivity index (χ2n) is 3.86. The fourth-order valence-corrected chi connectivity index (χ4v) is 1.90. The van der Waals surface area contributed by atoms with E-state index in [9.17, 15) is 0 Å². The van der Waals surface area contributed by atoms with Gasteiger partial charge in [-0.25, -0.2) is 9.97 Å². The van der Waals surface area contributed by atoms with Crippen LogP contribution < -0.4 is 5.73 Å². The van der Waals surface area contributed by atoms with E-state index in [1.165, 1.54) is 12.7 Å². The maximum Gasteiger partial charge on any atom is 0.145 e. The van der Waals surface area contributed by atoms with Crippen LogP contribution in [0, 0.1) is 0 Å². The van der Waals surface area contributed by atoms with Crippen molar-refractivity contribution in [1.82, 2.24) is 14.5 Å². The van der Waals surface area contributed by atoms with Gasteiger partial charge >= 0.3 is 0 Å². The fourth-order valence-electron chi connectivity index (χ4n) is 1.90. The summed E-state index contributed by atoms with van der Waals surface area (Å²) in [5.74, 6) is 0.558. The summed E-state index contributed by atoms with van der Waals surface area (Å²) in [7, 11) is 0. The molecule has 0 saturated heterocycles. The van der Waals surface area contributed by atoms with Crippen molar-refractivity contribution < 1.29 is 0 Å². The molecule has 0 aliphatic rings. The number of nitrogens with two attached hydrogens (primary N) is 1. The summed E-state index contributed by atoms with van der Waals surface area (Å²) in [6.45, 7) is 4.38. The maximum absolute atomic E-state index is 5.78. The van der Waals surface area contributed by atoms with Gasteiger partial charge in [0.25, 0.3) is 0 Å². The number of nitrogen functional groups attached to an aromatic ring is 1. The van der Waals surface area contributed by atoms with Crippen LogP contribution in [0.1, 0.15) is 32.7 Å². The second kappa shape index (κ2) is 3.88. The SMILES string of the molecule is CCCC(C)n1ccc2c(N)ncnc21. The van der Waals surface area contributed by atoms with E-state index in [1.807, 2.05) is 12.3 Å². The van der Waals surface area contributed by atoms with Crippen LogP contribution in [0.4, 0.5) is 5.82 Å². The highest BCUT2D eigenvalue weighted by Crippen LogP contribution is 2.23. The molecule has 0 aliphatic carbocycles. The van der Waals surface area contributed by atoms with Crippen molar-refractivity contribution in [2.24, 2.45) is 0 Å². The minimum atomic E-state index is 0.460. The second-order valence-corrected chi connectivity index (χ2v) is 3.86. The van der Waals surface area contributed by atoms with Crippen molar-refractivity contribution in [2.75, 3.05) is 5.73 Å². The van der Waals surface area contributed by atoms with Gasteiger partial charge in [-0.2, -0.15) is 0 Å². The largest absolute Gasteiger partial charge is 0.383 e. The highest BCUT2D eigenvalue weighted by atomic mass is 15.1. The molecule has 15 heavy (non-hydrogen) atoms. The van der Waals surface area contributed by atoms with E-state index in [-0.39, 0.29) is 0 Å². The first-order valence-corrected chi connectivity index (χ1v) is 5.31. The van der Waals surface area contributed by atoms with Gasteiger partial charge in [-0.1, -0.05) is 13.3 Å². The Bertz CT molecular complexity index is 461. The molecule has 0 saturated carbocycles. The number of aromatic nitrogens is 3. The molecule has 0 spiro atoms. The minimum Gasteiger partial charge on any atom is -0.383 e. The van der Waals surface area contributed by atoms with E-state index in [2.05, 4.69) is 28.4 Å². The average Bonchev–Trinajstić information content (AvgIpc) is 2.63. The molecule has 4 nitrogen and oxygen atoms in total. The van der Waals surface area contributed by atoms with Gasteiger partial charge in [-0.15, -0.1) is 0 Å². The van der Waals surface area contributed by atoms with Crippen LogP contribution in [0.5, 0.6) is 0 Å². The third-order valence-electron chi connectivity index (χ3n) is 2.72. The Kier molecular flexibility index (Phi) is 2.58. The molecule has 0 bridgehead atoms. The molecule has 80 valence electrons. The third-order valence-corrected chi connectivity index (χ3v) is 2.72. The van der Waals surface area contributed by atoms with Crippen molar-refractivity contribution >= 4 is 16.9 Å². The first-order chi connectivity index (χ1) is 7.24. The lowest BCUT2D eigenvalue weighted by Gasteiger charge is -2.13. The molecule has 1 unspecified atom stereocenters. The van der Waals surface area contributed by atoms with Gasteiger partial charge in [0, 0.05) is 12.2 Å². The summed E-state index contributed by atoms with van der Waals surface area (Å²) in [6, 6.07) is 2.44. The van der Waals surface area contributed by atoms with Gasteiger partial charge in [-0.05, 0) is 19.4 Å². The Morgan fingerprint density at radius 1 is 1.47 bits per heavy atom. The Labute approximate surface area is 89.1 Å². The van der Waals surface area contributed by atoms with E-state index in [0.717, 1.165) is 17.5 Å². The van der Waals surface area contributed by atoms with Gasteiger partial charge in [0.1, 0.15) is 17.8 Å². The summed E-state index contributed by atoms with van der Waals surface area (Å²) in [4.78, 5) is 8.26. The lowest BCUT2D eigenvalue weighted by Crippen LogP contribution is -2.04. The van der Waals surface area contributed by atoms with Crippen molar-refractivity contribution in [1.29, 1.82) is 0 Å². The van der Waals surface area contributed by atoms with Crippen molar-refractivity contribution in [3.8, 4) is 0 Å². The Balaban J connectivity index is 2.49. The summed E-state index contributed by atoms with van der Waals surface area (Å²) in [6.07, 6.45) is 5.87. The number of anilines is 1. The Hall–Kier alpha value is -1.58. The van der Waals surface area contributed by atoms with E-state index in [1.54, 1.807) is 0 Å². The number of nitrogens with zero attached hydrogens (tertiary/aromatic N) is 3. The molecule has 2 aromatic heterocycles. The van der Waals surface area contributed by atoms with Crippen molar-refractivity contribution in [3.05, 3.63) is 18.6 Å². The predicted octanol–water partition coefficient (Wildman–Crippen LogP) is 2.37. The molecule has 0 fully saturated rings. The topological polar surface area (TPSA) is 56.7 Å². The third kappa shape index (κ3) is 1.67. The molecular formula is C11H16N4. The van der Waals surface area contributed by atoms with Gasteiger partial charge in [-0.3, -0.25) is 0 Å². The van der Waals surface area contributed by atoms with E-state index < -0.39 is 0 Å². The van der Waals surface area contributed by atoms with Crippen LogP contribution in [0.15, 0.2) is 18.6 Å². The summed E-state index contributed by atoms with van der Waals surface area (Å²) in [5, 5.41) is 0.945. The normalized spacial score (nSPS) is 13.2. The zero-order valence-electron chi connectivity index (χ0n) is 9.14. The first-order valence-electron chi connectivity index (χ1n) is 5.31. The van der Waals surface area contributed by atoms with E-state index in [0.29, 0.717) is 11.9 Å². The monoisotopic (exact) mass is 204 g/mol. The molecule has 0 amide bonds. The fraction of sp³-hybridized carbons (Fsp3) is 0.455. The first kappa shape index (κ1) is 9.96. The molecule has 2 aromatic rings. The van der Waals surface area contributed by atoms with Crippen LogP contribution in [0.25, 0.3) is 11.0 Å². The number of rotatable bonds is 3. The number of hydrogen-bond acceptors (Lipinski definition) is 3. The summed E-state index contributed by atoms with van der Waals surface area (Å²) < 4.78 is 2.16. The van der Waals surface area contributed by atoms with Crippen LogP contribution in [0.2, 0.25) is 0 Å². The van der Waals surface area contributed by atoms with Crippen LogP contribution >= 0.6 is 0 Å². The molecule has 2 rings (SSSR count). The van der Waals surface area contributed by atoms with Gasteiger partial charge < -0.3 is 10.3 Å². The summed E-state index contributed by atoms with van der Waals surface area (Å²) in [5.41, 5.74) is 6.71. The van der Waals surface area contributed by atoms with Gasteiger partial charge in [0.15, 0.2) is 0 Å². The Morgan fingerprint density at radius 2 is 2.27 bits per heavy atom. The van der Waals surface area contributed by atoms with Crippen molar-refractivity contribution in [2.45, 2.75) is 32.7 Å². The molecule has 0 radical (unpaired) electrons. The lowest BCUT2D eigenvalue weighted by atomic mass is 10.2. The molecule has 4 heteroatoms. The molecule has 0 aromatic carbocycles. The molecule has 1 atom stereocenters. The standard InChI is InChI=1S/C11H16N4/c1-3-4-8(2)15-6-5-9-10(12)13-7-14-11(9)15/h5-8H,3-4H2,1-2H3,(H2,12,13,14). The van der Waals surface area contributed by atoms with Crippen LogP contribution in [-0.4, -0.2) is 14.5 Å². The Morgan fingerprint density at radius 3 is 3.00 bits per heavy atom. The smallest absolute Gasteiger partial charge is 0.145 e. The lowest BCUT2D eigenvalue weighted by molar-refractivity contribution is 0.512. The van der Waals surface area contributed by atoms with Crippen LogP contribution in [-0.2, 0) is 0 Å². The summed E-state index contributed by atoms with van der Waals surface area (Å²) >= 11 is 0. The number of fused-ring (bicyclic) bond motifs is 1. The highest BCUT2D eigenvalue weighted by Gasteiger charge is 2.10. The van der Waals surface area contributed by atoms with Gasteiger partial charge in [0.05, 0.1) is 5.39 Å². The average molecular weight is 204 g/mol. The molecule has 0 aliphatic heterocycles. The molecular weight excluding hydrogens is 188 g/mol. The van der Waals surface area contributed by atoms with E-state index >= 15 is 0 Å². The minimum absolute atomic E-state index is 0.460. The van der Waals surface area contributed by atoms with E-state index in [4.69, 9.17) is 5.73 Å². The highest BCUT2D eigenvalue weighted by molar-refractivity contribution is 5.86. The molecule has 2 N–H and O–H groups in total. The zero-order valence-corrected chi connectivity index (χ0v) is 9.14. The van der Waals surface area contributed by atoms with Crippen LogP contribution in [0.3, 0.4) is 0 Å². The van der Waals surface area contributed by atoms with Crippen molar-refractivity contribution in [3.63, 3.8) is 0 Å². The predicted molar refractivity (Wildman–Crippen MR) is 61.6 cm³/mol. The quantitative estimate of drug-likeness (QED) is 0.835. The zero-order chi connectivity index (χ0) is 10.8.